The lowest BCUT2D eigenvalue weighted by Gasteiger charge is -2.39. The summed E-state index contributed by atoms with van der Waals surface area (Å²) in [5.41, 5.74) is 8.85. The Hall–Kier alpha value is -0.540. The van der Waals surface area contributed by atoms with Crippen LogP contribution in [-0.2, 0) is 19.9 Å². The number of hydrogen-bond donors (Lipinski definition) is 1. The van der Waals surface area contributed by atoms with Gasteiger partial charge in [0, 0.05) is 19.5 Å². The second-order valence-corrected chi connectivity index (χ2v) is 6.59. The number of hydrogen-bond acceptors (Lipinski definition) is 2. The minimum absolute atomic E-state index is 0.172. The molecule has 1 fully saturated rings. The smallest absolute Gasteiger partial charge is 0.0850 e. The first-order chi connectivity index (χ1) is 8.98. The molecule has 1 heterocycles. The summed E-state index contributed by atoms with van der Waals surface area (Å²) < 4.78 is 1.91. The van der Waals surface area contributed by atoms with Crippen LogP contribution < -0.4 is 5.73 Å². The van der Waals surface area contributed by atoms with E-state index in [9.17, 15) is 0 Å². The monoisotopic (exact) mass is 283 g/mol. The molecule has 0 aromatic carbocycles. The minimum Gasteiger partial charge on any atom is -0.327 e. The Labute approximate surface area is 121 Å². The van der Waals surface area contributed by atoms with Crippen LogP contribution in [0.3, 0.4) is 0 Å². The molecule has 0 aliphatic heterocycles. The maximum Gasteiger partial charge on any atom is 0.0850 e. The highest BCUT2D eigenvalue weighted by atomic mass is 35.5. The first kappa shape index (κ1) is 14.9. The van der Waals surface area contributed by atoms with Crippen LogP contribution in [0.4, 0.5) is 0 Å². The largest absolute Gasteiger partial charge is 0.327 e. The number of nitrogens with zero attached hydrogens (tertiary/aromatic N) is 2. The Morgan fingerprint density at radius 2 is 2.00 bits per heavy atom. The molecule has 0 radical (unpaired) electrons. The fraction of sp³-hybridized carbons (Fsp3) is 0.800. The van der Waals surface area contributed by atoms with Gasteiger partial charge in [-0.15, -0.1) is 0 Å². The molecule has 2 rings (SSSR count). The summed E-state index contributed by atoms with van der Waals surface area (Å²) in [6.07, 6.45) is 8.16. The van der Waals surface area contributed by atoms with Crippen LogP contribution in [-0.4, -0.2) is 15.8 Å². The summed E-state index contributed by atoms with van der Waals surface area (Å²) in [6, 6.07) is 0.172. The van der Waals surface area contributed by atoms with E-state index in [2.05, 4.69) is 18.9 Å². The first-order valence-corrected chi connectivity index (χ1v) is 7.81. The van der Waals surface area contributed by atoms with E-state index in [1.165, 1.54) is 32.1 Å². The molecule has 0 bridgehead atoms. The van der Waals surface area contributed by atoms with Crippen molar-refractivity contribution in [3.63, 3.8) is 0 Å². The lowest BCUT2D eigenvalue weighted by molar-refractivity contribution is 0.167. The Morgan fingerprint density at radius 3 is 2.53 bits per heavy atom. The number of aromatic nitrogens is 2. The number of aryl methyl sites for hydroxylation is 2. The van der Waals surface area contributed by atoms with Gasteiger partial charge in [-0.1, -0.05) is 44.7 Å². The Kier molecular flexibility index (Phi) is 4.57. The van der Waals surface area contributed by atoms with Crippen molar-refractivity contribution in [2.45, 2.75) is 64.8 Å². The lowest BCUT2D eigenvalue weighted by Crippen LogP contribution is -2.42. The Morgan fingerprint density at radius 1 is 1.37 bits per heavy atom. The first-order valence-electron chi connectivity index (χ1n) is 7.43. The van der Waals surface area contributed by atoms with Gasteiger partial charge in [-0.05, 0) is 24.7 Å². The van der Waals surface area contributed by atoms with Crippen molar-refractivity contribution in [3.05, 3.63) is 16.4 Å². The molecule has 0 saturated heterocycles. The average Bonchev–Trinajstić information content (AvgIpc) is 2.67. The topological polar surface area (TPSA) is 43.8 Å². The zero-order chi connectivity index (χ0) is 14.0. The van der Waals surface area contributed by atoms with E-state index in [1.807, 2.05) is 11.7 Å². The van der Waals surface area contributed by atoms with Gasteiger partial charge in [-0.25, -0.2) is 0 Å². The molecule has 3 nitrogen and oxygen atoms in total. The van der Waals surface area contributed by atoms with Gasteiger partial charge in [0.05, 0.1) is 16.4 Å². The molecule has 4 heteroatoms. The summed E-state index contributed by atoms with van der Waals surface area (Å²) in [4.78, 5) is 0. The van der Waals surface area contributed by atoms with Gasteiger partial charge in [-0.2, -0.15) is 5.10 Å². The molecule has 1 aromatic rings. The highest BCUT2D eigenvalue weighted by Gasteiger charge is 2.34. The number of nitrogens with two attached hydrogens (primary N) is 1. The van der Waals surface area contributed by atoms with Crippen molar-refractivity contribution < 1.29 is 0 Å². The van der Waals surface area contributed by atoms with Crippen LogP contribution in [0.2, 0.25) is 5.02 Å². The molecule has 1 atom stereocenters. The Balaban J connectivity index is 2.14. The molecule has 19 heavy (non-hydrogen) atoms. The predicted octanol–water partition coefficient (Wildman–Crippen LogP) is 3.48. The predicted molar refractivity (Wildman–Crippen MR) is 80.5 cm³/mol. The molecular formula is C15H26ClN3. The minimum atomic E-state index is 0.172. The summed E-state index contributed by atoms with van der Waals surface area (Å²) in [5.74, 6) is 0. The summed E-state index contributed by atoms with van der Waals surface area (Å²) in [6.45, 7) is 4.42. The van der Waals surface area contributed by atoms with Crippen LogP contribution in [0.25, 0.3) is 0 Å². The van der Waals surface area contributed by atoms with Crippen molar-refractivity contribution in [2.75, 3.05) is 0 Å². The van der Waals surface area contributed by atoms with E-state index < -0.39 is 0 Å². The molecule has 1 aromatic heterocycles. The van der Waals surface area contributed by atoms with Crippen molar-refractivity contribution >= 4 is 11.6 Å². The molecular weight excluding hydrogens is 258 g/mol. The third-order valence-corrected chi connectivity index (χ3v) is 5.24. The summed E-state index contributed by atoms with van der Waals surface area (Å²) in [7, 11) is 1.97. The van der Waals surface area contributed by atoms with E-state index in [0.29, 0.717) is 0 Å². The van der Waals surface area contributed by atoms with Crippen molar-refractivity contribution in [3.8, 4) is 0 Å². The third-order valence-electron chi connectivity index (χ3n) is 4.81. The SMILES string of the molecule is CCc1nn(C)c(CC(N)C2(C)CCCCC2)c1Cl. The van der Waals surface area contributed by atoms with E-state index in [4.69, 9.17) is 17.3 Å². The van der Waals surface area contributed by atoms with Gasteiger partial charge in [0.15, 0.2) is 0 Å². The van der Waals surface area contributed by atoms with Crippen LogP contribution >= 0.6 is 11.6 Å². The Bertz CT molecular complexity index is 433. The molecule has 2 N–H and O–H groups in total. The summed E-state index contributed by atoms with van der Waals surface area (Å²) >= 11 is 6.42. The third kappa shape index (κ3) is 2.97. The molecule has 1 aliphatic rings. The fourth-order valence-corrected chi connectivity index (χ4v) is 3.60. The van der Waals surface area contributed by atoms with Crippen LogP contribution in [0.5, 0.6) is 0 Å². The van der Waals surface area contributed by atoms with Crippen LogP contribution in [0, 0.1) is 5.41 Å². The zero-order valence-corrected chi connectivity index (χ0v) is 13.1. The molecule has 108 valence electrons. The van der Waals surface area contributed by atoms with Gasteiger partial charge in [0.25, 0.3) is 0 Å². The normalized spacial score (nSPS) is 20.5. The maximum atomic E-state index is 6.50. The highest BCUT2D eigenvalue weighted by molar-refractivity contribution is 6.31. The fourth-order valence-electron chi connectivity index (χ4n) is 3.23. The van der Waals surface area contributed by atoms with Gasteiger partial charge in [-0.3, -0.25) is 4.68 Å². The van der Waals surface area contributed by atoms with Crippen molar-refractivity contribution in [1.29, 1.82) is 0 Å². The second-order valence-electron chi connectivity index (χ2n) is 6.21. The molecule has 1 saturated carbocycles. The number of rotatable bonds is 4. The summed E-state index contributed by atoms with van der Waals surface area (Å²) in [5, 5.41) is 5.30. The molecule has 1 aliphatic carbocycles. The van der Waals surface area contributed by atoms with Crippen molar-refractivity contribution in [2.24, 2.45) is 18.2 Å². The second kappa shape index (κ2) is 5.84. The van der Waals surface area contributed by atoms with Gasteiger partial charge in [0.2, 0.25) is 0 Å². The highest BCUT2D eigenvalue weighted by Crippen LogP contribution is 2.39. The van der Waals surface area contributed by atoms with E-state index >= 15 is 0 Å². The quantitative estimate of drug-likeness (QED) is 0.919. The van der Waals surface area contributed by atoms with Gasteiger partial charge in [0.1, 0.15) is 0 Å². The van der Waals surface area contributed by atoms with Crippen LogP contribution in [0.1, 0.15) is 57.3 Å². The average molecular weight is 284 g/mol. The van der Waals surface area contributed by atoms with E-state index in [-0.39, 0.29) is 11.5 Å². The molecule has 0 spiro atoms. The molecule has 0 amide bonds. The number of halogens is 1. The van der Waals surface area contributed by atoms with Crippen molar-refractivity contribution in [1.82, 2.24) is 9.78 Å². The molecule has 1 unspecified atom stereocenters. The standard InChI is InChI=1S/C15H26ClN3/c1-4-11-14(16)12(19(3)18-11)10-13(17)15(2)8-6-5-7-9-15/h13H,4-10,17H2,1-3H3. The van der Waals surface area contributed by atoms with E-state index in [0.717, 1.165) is 29.3 Å². The zero-order valence-electron chi connectivity index (χ0n) is 12.4. The lowest BCUT2D eigenvalue weighted by atomic mass is 9.69. The van der Waals surface area contributed by atoms with Crippen LogP contribution in [0.15, 0.2) is 0 Å². The van der Waals surface area contributed by atoms with Gasteiger partial charge < -0.3 is 5.73 Å². The maximum absolute atomic E-state index is 6.50. The van der Waals surface area contributed by atoms with Gasteiger partial charge >= 0.3 is 0 Å². The van der Waals surface area contributed by atoms with E-state index in [1.54, 1.807) is 0 Å².